The van der Waals surface area contributed by atoms with Gasteiger partial charge in [-0.2, -0.15) is 0 Å². The molecule has 0 saturated heterocycles. The zero-order chi connectivity index (χ0) is 14.9. The first-order valence-corrected chi connectivity index (χ1v) is 6.50. The van der Waals surface area contributed by atoms with Gasteiger partial charge in [0.25, 0.3) is 0 Å². The van der Waals surface area contributed by atoms with E-state index in [0.717, 1.165) is 0 Å². The SMILES string of the molecule is CC(CN)N(C)C(=O)C1CC(=O)Nc2cc(F)ccc21. The van der Waals surface area contributed by atoms with Crippen molar-refractivity contribution >= 4 is 17.5 Å². The number of likely N-dealkylation sites (N-methyl/N-ethyl adjacent to an activating group) is 1. The molecule has 5 nitrogen and oxygen atoms in total. The van der Waals surface area contributed by atoms with Crippen LogP contribution in [-0.2, 0) is 9.59 Å². The molecule has 2 atom stereocenters. The molecule has 2 unspecified atom stereocenters. The number of nitrogens with zero attached hydrogens (tertiary/aromatic N) is 1. The molecule has 108 valence electrons. The number of nitrogens with two attached hydrogens (primary N) is 1. The van der Waals surface area contributed by atoms with Crippen molar-refractivity contribution < 1.29 is 14.0 Å². The second-order valence-electron chi connectivity index (χ2n) is 5.07. The van der Waals surface area contributed by atoms with Crippen molar-refractivity contribution in [3.05, 3.63) is 29.6 Å². The summed E-state index contributed by atoms with van der Waals surface area (Å²) in [5.74, 6) is -1.49. The van der Waals surface area contributed by atoms with Crippen molar-refractivity contribution in [1.29, 1.82) is 0 Å². The average Bonchev–Trinajstić information content (AvgIpc) is 2.43. The van der Waals surface area contributed by atoms with Crippen LogP contribution in [0.15, 0.2) is 18.2 Å². The fourth-order valence-electron chi connectivity index (χ4n) is 2.28. The molecule has 1 heterocycles. The van der Waals surface area contributed by atoms with E-state index in [9.17, 15) is 14.0 Å². The van der Waals surface area contributed by atoms with Gasteiger partial charge in [-0.15, -0.1) is 0 Å². The Morgan fingerprint density at radius 3 is 2.95 bits per heavy atom. The van der Waals surface area contributed by atoms with Gasteiger partial charge in [-0.1, -0.05) is 6.07 Å². The maximum absolute atomic E-state index is 13.2. The number of halogens is 1. The quantitative estimate of drug-likeness (QED) is 0.868. The molecule has 0 radical (unpaired) electrons. The van der Waals surface area contributed by atoms with Crippen LogP contribution in [0.2, 0.25) is 0 Å². The average molecular weight is 279 g/mol. The summed E-state index contributed by atoms with van der Waals surface area (Å²) < 4.78 is 13.2. The van der Waals surface area contributed by atoms with Crippen LogP contribution in [0.1, 0.15) is 24.8 Å². The number of fused-ring (bicyclic) bond motifs is 1. The number of rotatable bonds is 3. The first kappa shape index (κ1) is 14.5. The van der Waals surface area contributed by atoms with E-state index in [4.69, 9.17) is 5.73 Å². The Morgan fingerprint density at radius 2 is 2.30 bits per heavy atom. The molecule has 1 aliphatic heterocycles. The molecule has 0 aliphatic carbocycles. The van der Waals surface area contributed by atoms with E-state index in [2.05, 4.69) is 5.32 Å². The smallest absolute Gasteiger partial charge is 0.230 e. The van der Waals surface area contributed by atoms with E-state index in [1.54, 1.807) is 13.1 Å². The van der Waals surface area contributed by atoms with Gasteiger partial charge in [0, 0.05) is 31.7 Å². The van der Waals surface area contributed by atoms with Gasteiger partial charge < -0.3 is 16.0 Å². The summed E-state index contributed by atoms with van der Waals surface area (Å²) in [7, 11) is 1.66. The predicted molar refractivity (Wildman–Crippen MR) is 73.7 cm³/mol. The van der Waals surface area contributed by atoms with Crippen LogP contribution in [-0.4, -0.2) is 36.3 Å². The second-order valence-corrected chi connectivity index (χ2v) is 5.07. The number of carbonyl (C=O) groups excluding carboxylic acids is 2. The van der Waals surface area contributed by atoms with E-state index in [1.807, 2.05) is 6.92 Å². The van der Waals surface area contributed by atoms with Gasteiger partial charge in [-0.3, -0.25) is 9.59 Å². The van der Waals surface area contributed by atoms with Crippen molar-refractivity contribution in [3.63, 3.8) is 0 Å². The summed E-state index contributed by atoms with van der Waals surface area (Å²) in [4.78, 5) is 25.7. The second kappa shape index (κ2) is 5.58. The van der Waals surface area contributed by atoms with Gasteiger partial charge in [-0.25, -0.2) is 4.39 Å². The van der Waals surface area contributed by atoms with Gasteiger partial charge in [0.05, 0.1) is 5.92 Å². The summed E-state index contributed by atoms with van der Waals surface area (Å²) >= 11 is 0. The van der Waals surface area contributed by atoms with Gasteiger partial charge in [0.1, 0.15) is 5.82 Å². The molecular weight excluding hydrogens is 261 g/mol. The number of anilines is 1. The molecule has 0 fully saturated rings. The molecule has 2 amide bonds. The van der Waals surface area contributed by atoms with E-state index in [0.29, 0.717) is 17.8 Å². The van der Waals surface area contributed by atoms with E-state index in [1.165, 1.54) is 17.0 Å². The lowest BCUT2D eigenvalue weighted by molar-refractivity contribution is -0.135. The van der Waals surface area contributed by atoms with Crippen LogP contribution >= 0.6 is 0 Å². The molecule has 2 rings (SSSR count). The molecular formula is C14H18FN3O2. The van der Waals surface area contributed by atoms with Gasteiger partial charge in [0.2, 0.25) is 11.8 Å². The molecule has 0 bridgehead atoms. The van der Waals surface area contributed by atoms with E-state index in [-0.39, 0.29) is 24.3 Å². The first-order valence-electron chi connectivity index (χ1n) is 6.50. The van der Waals surface area contributed by atoms with E-state index >= 15 is 0 Å². The van der Waals surface area contributed by atoms with Gasteiger partial charge in [0.15, 0.2) is 0 Å². The Morgan fingerprint density at radius 1 is 1.60 bits per heavy atom. The summed E-state index contributed by atoms with van der Waals surface area (Å²) in [5, 5.41) is 2.59. The minimum Gasteiger partial charge on any atom is -0.341 e. The third-order valence-electron chi connectivity index (χ3n) is 3.70. The van der Waals surface area contributed by atoms with Crippen molar-refractivity contribution in [2.45, 2.75) is 25.3 Å². The van der Waals surface area contributed by atoms with Gasteiger partial charge >= 0.3 is 0 Å². The summed E-state index contributed by atoms with van der Waals surface area (Å²) in [5.41, 5.74) is 6.57. The lowest BCUT2D eigenvalue weighted by Crippen LogP contribution is -2.43. The normalized spacial score (nSPS) is 19.0. The summed E-state index contributed by atoms with van der Waals surface area (Å²) in [6.45, 7) is 2.18. The number of nitrogens with one attached hydrogen (secondary N) is 1. The minimum atomic E-state index is -0.585. The maximum atomic E-state index is 13.2. The van der Waals surface area contributed by atoms with E-state index < -0.39 is 11.7 Å². The molecule has 0 spiro atoms. The maximum Gasteiger partial charge on any atom is 0.230 e. The molecule has 0 aromatic heterocycles. The Kier molecular flexibility index (Phi) is 4.04. The lowest BCUT2D eigenvalue weighted by Gasteiger charge is -2.31. The fourth-order valence-corrected chi connectivity index (χ4v) is 2.28. The predicted octanol–water partition coefficient (Wildman–Crippen LogP) is 1.06. The van der Waals surface area contributed by atoms with Crippen LogP contribution in [0, 0.1) is 5.82 Å². The van der Waals surface area contributed by atoms with Crippen LogP contribution in [0.4, 0.5) is 10.1 Å². The Bertz CT molecular complexity index is 547. The summed E-state index contributed by atoms with van der Waals surface area (Å²) in [6, 6.07) is 3.96. The number of hydrogen-bond acceptors (Lipinski definition) is 3. The largest absolute Gasteiger partial charge is 0.341 e. The lowest BCUT2D eigenvalue weighted by atomic mass is 9.89. The number of carbonyl (C=O) groups is 2. The third kappa shape index (κ3) is 2.65. The van der Waals surface area contributed by atoms with Crippen molar-refractivity contribution in [2.24, 2.45) is 5.73 Å². The Balaban J connectivity index is 2.34. The number of hydrogen-bond donors (Lipinski definition) is 2. The fraction of sp³-hybridized carbons (Fsp3) is 0.429. The van der Waals surface area contributed by atoms with Crippen molar-refractivity contribution in [2.75, 3.05) is 18.9 Å². The molecule has 20 heavy (non-hydrogen) atoms. The molecule has 6 heteroatoms. The molecule has 3 N–H and O–H groups in total. The highest BCUT2D eigenvalue weighted by molar-refractivity contribution is 6.01. The minimum absolute atomic E-state index is 0.0685. The van der Waals surface area contributed by atoms with Crippen molar-refractivity contribution in [3.8, 4) is 0 Å². The highest BCUT2D eigenvalue weighted by atomic mass is 19.1. The van der Waals surface area contributed by atoms with Crippen LogP contribution in [0.25, 0.3) is 0 Å². The standard InChI is InChI=1S/C14H18FN3O2/c1-8(7-16)18(2)14(20)11-6-13(19)17-12-5-9(15)3-4-10(11)12/h3-5,8,11H,6-7,16H2,1-2H3,(H,17,19). The number of amides is 2. The first-order chi connectivity index (χ1) is 9.43. The highest BCUT2D eigenvalue weighted by Gasteiger charge is 2.33. The number of benzene rings is 1. The molecule has 1 aliphatic rings. The topological polar surface area (TPSA) is 75.4 Å². The Labute approximate surface area is 116 Å². The van der Waals surface area contributed by atoms with Crippen molar-refractivity contribution in [1.82, 2.24) is 4.90 Å². The Hall–Kier alpha value is -1.95. The monoisotopic (exact) mass is 279 g/mol. The van der Waals surface area contributed by atoms with Crippen LogP contribution in [0.5, 0.6) is 0 Å². The van der Waals surface area contributed by atoms with Crippen LogP contribution in [0.3, 0.4) is 0 Å². The zero-order valence-corrected chi connectivity index (χ0v) is 11.5. The van der Waals surface area contributed by atoms with Gasteiger partial charge in [-0.05, 0) is 24.6 Å². The molecule has 0 saturated carbocycles. The zero-order valence-electron chi connectivity index (χ0n) is 11.5. The summed E-state index contributed by atoms with van der Waals surface area (Å²) in [6.07, 6.45) is 0.0685. The molecule has 1 aromatic rings. The highest BCUT2D eigenvalue weighted by Crippen LogP contribution is 2.34. The molecule has 1 aromatic carbocycles. The third-order valence-corrected chi connectivity index (χ3v) is 3.70. The van der Waals surface area contributed by atoms with Crippen LogP contribution < -0.4 is 11.1 Å².